The molecule has 0 saturated heterocycles. The maximum atomic E-state index is 12.7. The number of hydrogen-bond donors (Lipinski definition) is 1. The smallest absolute Gasteiger partial charge is 0.297 e. The second kappa shape index (κ2) is 8.26. The van der Waals surface area contributed by atoms with Crippen LogP contribution in [0.15, 0.2) is 39.6 Å². The van der Waals surface area contributed by atoms with E-state index in [-0.39, 0.29) is 23.4 Å². The highest BCUT2D eigenvalue weighted by molar-refractivity contribution is 5.92. The topological polar surface area (TPSA) is 93.3 Å². The summed E-state index contributed by atoms with van der Waals surface area (Å²) >= 11 is 0. The second-order valence-electron chi connectivity index (χ2n) is 9.39. The van der Waals surface area contributed by atoms with E-state index in [1.807, 2.05) is 21.0 Å². The summed E-state index contributed by atoms with van der Waals surface area (Å²) in [6.45, 7) is 6.24. The van der Waals surface area contributed by atoms with Gasteiger partial charge in [0.05, 0.1) is 5.69 Å². The highest BCUT2D eigenvalue weighted by Gasteiger charge is 2.24. The van der Waals surface area contributed by atoms with Gasteiger partial charge in [-0.05, 0) is 60.9 Å². The first-order chi connectivity index (χ1) is 15.1. The molecule has 1 aromatic carbocycles. The summed E-state index contributed by atoms with van der Waals surface area (Å²) in [6.07, 6.45) is 5.17. The zero-order chi connectivity index (χ0) is 23.0. The number of carbonyl (C=O) groups is 1. The number of carbonyl (C=O) groups excluding carboxylic acids is 1. The predicted octanol–water partition coefficient (Wildman–Crippen LogP) is 3.99. The third kappa shape index (κ3) is 4.59. The van der Waals surface area contributed by atoms with Crippen molar-refractivity contribution in [2.75, 3.05) is 24.3 Å². The van der Waals surface area contributed by atoms with Gasteiger partial charge in [-0.25, -0.2) is 4.68 Å². The molecule has 1 N–H and O–H groups in total. The fourth-order valence-electron chi connectivity index (χ4n) is 3.82. The Kier molecular flexibility index (Phi) is 5.62. The van der Waals surface area contributed by atoms with Crippen molar-refractivity contribution in [3.63, 3.8) is 0 Å². The second-order valence-corrected chi connectivity index (χ2v) is 9.39. The van der Waals surface area contributed by atoms with E-state index in [0.717, 1.165) is 36.1 Å². The summed E-state index contributed by atoms with van der Waals surface area (Å²) in [5.74, 6) is -0.330. The lowest BCUT2D eigenvalue weighted by atomic mass is 9.77. The molecule has 0 atom stereocenters. The monoisotopic (exact) mass is 435 g/mol. The molecule has 0 radical (unpaired) electrons. The van der Waals surface area contributed by atoms with Crippen LogP contribution in [0.2, 0.25) is 0 Å². The molecule has 0 saturated carbocycles. The van der Waals surface area contributed by atoms with Gasteiger partial charge in [-0.1, -0.05) is 19.9 Å². The Morgan fingerprint density at radius 3 is 2.75 bits per heavy atom. The number of nitrogens with zero attached hydrogens (tertiary/aromatic N) is 4. The summed E-state index contributed by atoms with van der Waals surface area (Å²) in [7, 11) is 3.69. The number of aryl methyl sites for hydroxylation is 1. The summed E-state index contributed by atoms with van der Waals surface area (Å²) in [5.41, 5.74) is 4.63. The summed E-state index contributed by atoms with van der Waals surface area (Å²) in [5, 5.41) is 7.36. The standard InChI is InChI=1S/C24H29N5O3/c1-15-12-21(31)29(27-22(15)16-8-10-24(2,3)11-9-16)14-20(30)25-17-6-7-19-18(13-17)26-23(32-19)28(4)5/h6-8,12-13H,9-11,14H2,1-5H3,(H,25,30). The van der Waals surface area contributed by atoms with E-state index in [1.54, 1.807) is 29.2 Å². The van der Waals surface area contributed by atoms with Crippen molar-refractivity contribution < 1.29 is 9.21 Å². The van der Waals surface area contributed by atoms with E-state index in [1.165, 1.54) is 4.68 Å². The molecule has 8 nitrogen and oxygen atoms in total. The molecule has 168 valence electrons. The molecule has 32 heavy (non-hydrogen) atoms. The number of fused-ring (bicyclic) bond motifs is 1. The van der Waals surface area contributed by atoms with Crippen LogP contribution in [0, 0.1) is 12.3 Å². The van der Waals surface area contributed by atoms with Crippen molar-refractivity contribution in [3.05, 3.63) is 52.0 Å². The van der Waals surface area contributed by atoms with Crippen molar-refractivity contribution in [1.29, 1.82) is 0 Å². The zero-order valence-electron chi connectivity index (χ0n) is 19.2. The Hall–Kier alpha value is -3.42. The fourth-order valence-corrected chi connectivity index (χ4v) is 3.82. The number of benzene rings is 1. The van der Waals surface area contributed by atoms with Gasteiger partial charge in [0.15, 0.2) is 5.58 Å². The predicted molar refractivity (Wildman–Crippen MR) is 126 cm³/mol. The molecule has 0 spiro atoms. The zero-order valence-corrected chi connectivity index (χ0v) is 19.2. The van der Waals surface area contributed by atoms with E-state index in [9.17, 15) is 9.59 Å². The average Bonchev–Trinajstić information content (AvgIpc) is 3.14. The fraction of sp³-hybridized carbons (Fsp3) is 0.417. The maximum absolute atomic E-state index is 12.7. The van der Waals surface area contributed by atoms with Gasteiger partial charge in [-0.3, -0.25) is 9.59 Å². The molecule has 8 heteroatoms. The lowest BCUT2D eigenvalue weighted by molar-refractivity contribution is -0.117. The van der Waals surface area contributed by atoms with Crippen LogP contribution in [0.3, 0.4) is 0 Å². The molecule has 1 amide bonds. The number of aromatic nitrogens is 3. The summed E-state index contributed by atoms with van der Waals surface area (Å²) < 4.78 is 6.87. The minimum absolute atomic E-state index is 0.162. The molecule has 0 aliphatic heterocycles. The Labute approximate surface area is 186 Å². The highest BCUT2D eigenvalue weighted by Crippen LogP contribution is 2.37. The van der Waals surface area contributed by atoms with Crippen LogP contribution in [0.5, 0.6) is 0 Å². The molecule has 3 aromatic rings. The average molecular weight is 436 g/mol. The van der Waals surface area contributed by atoms with Crippen LogP contribution in [0.25, 0.3) is 16.7 Å². The number of oxazole rings is 1. The summed E-state index contributed by atoms with van der Waals surface area (Å²) in [4.78, 5) is 31.3. The SMILES string of the molecule is Cc1cc(=O)n(CC(=O)Nc2ccc3oc(N(C)C)nc3c2)nc1C1=CCC(C)(C)CC1. The van der Waals surface area contributed by atoms with Gasteiger partial charge in [0.2, 0.25) is 5.91 Å². The first-order valence-electron chi connectivity index (χ1n) is 10.8. The highest BCUT2D eigenvalue weighted by atomic mass is 16.4. The lowest BCUT2D eigenvalue weighted by Crippen LogP contribution is -2.30. The first-order valence-corrected chi connectivity index (χ1v) is 10.8. The third-order valence-electron chi connectivity index (χ3n) is 5.80. The number of nitrogens with one attached hydrogen (secondary N) is 1. The molecule has 0 fully saturated rings. The summed E-state index contributed by atoms with van der Waals surface area (Å²) in [6, 6.07) is 7.30. The number of anilines is 2. The Balaban J connectivity index is 1.52. The van der Waals surface area contributed by atoms with Crippen LogP contribution >= 0.6 is 0 Å². The van der Waals surface area contributed by atoms with Gasteiger partial charge in [0.25, 0.3) is 11.6 Å². The van der Waals surface area contributed by atoms with Crippen LogP contribution in [0.4, 0.5) is 11.7 Å². The molecular weight excluding hydrogens is 406 g/mol. The molecule has 4 rings (SSSR count). The molecule has 2 heterocycles. The van der Waals surface area contributed by atoms with E-state index in [0.29, 0.717) is 22.8 Å². The van der Waals surface area contributed by atoms with Gasteiger partial charge < -0.3 is 14.6 Å². The first kappa shape index (κ1) is 21.8. The number of rotatable bonds is 5. The van der Waals surface area contributed by atoms with E-state index in [4.69, 9.17) is 4.42 Å². The molecule has 1 aliphatic rings. The van der Waals surface area contributed by atoms with Gasteiger partial charge in [-0.15, -0.1) is 0 Å². The Morgan fingerprint density at radius 1 is 1.28 bits per heavy atom. The molecule has 2 aromatic heterocycles. The van der Waals surface area contributed by atoms with Gasteiger partial charge in [-0.2, -0.15) is 10.1 Å². The van der Waals surface area contributed by atoms with Gasteiger partial charge in [0, 0.05) is 25.8 Å². The molecule has 0 bridgehead atoms. The lowest BCUT2D eigenvalue weighted by Gasteiger charge is -2.28. The maximum Gasteiger partial charge on any atom is 0.297 e. The van der Waals surface area contributed by atoms with Crippen LogP contribution in [-0.2, 0) is 11.3 Å². The molecule has 1 aliphatic carbocycles. The van der Waals surface area contributed by atoms with Gasteiger partial charge >= 0.3 is 0 Å². The van der Waals surface area contributed by atoms with Crippen molar-refractivity contribution in [1.82, 2.24) is 14.8 Å². The quantitative estimate of drug-likeness (QED) is 0.651. The van der Waals surface area contributed by atoms with E-state index < -0.39 is 0 Å². The van der Waals surface area contributed by atoms with Gasteiger partial charge in [0.1, 0.15) is 12.1 Å². The van der Waals surface area contributed by atoms with Crippen molar-refractivity contribution in [2.24, 2.45) is 5.41 Å². The van der Waals surface area contributed by atoms with Crippen molar-refractivity contribution >= 4 is 34.3 Å². The number of amides is 1. The molecular formula is C24H29N5O3. The normalized spacial score (nSPS) is 15.5. The third-order valence-corrected chi connectivity index (χ3v) is 5.80. The van der Waals surface area contributed by atoms with Crippen LogP contribution in [0.1, 0.15) is 44.4 Å². The van der Waals surface area contributed by atoms with E-state index in [2.05, 4.69) is 35.3 Å². The molecule has 0 unspecified atom stereocenters. The van der Waals surface area contributed by atoms with Crippen LogP contribution in [-0.4, -0.2) is 34.8 Å². The van der Waals surface area contributed by atoms with Crippen molar-refractivity contribution in [2.45, 2.75) is 46.6 Å². The minimum Gasteiger partial charge on any atom is -0.423 e. The van der Waals surface area contributed by atoms with Crippen LogP contribution < -0.4 is 15.8 Å². The van der Waals surface area contributed by atoms with E-state index >= 15 is 0 Å². The number of allylic oxidation sites excluding steroid dienone is 2. The Bertz CT molecular complexity index is 1270. The largest absolute Gasteiger partial charge is 0.423 e. The number of hydrogen-bond acceptors (Lipinski definition) is 6. The Morgan fingerprint density at radius 2 is 2.06 bits per heavy atom. The van der Waals surface area contributed by atoms with Crippen molar-refractivity contribution in [3.8, 4) is 0 Å². The minimum atomic E-state index is -0.330.